The number of carbonyl (C=O) groups is 1. The zero-order valence-corrected chi connectivity index (χ0v) is 15.2. The molecule has 0 fully saturated rings. The Kier molecular flexibility index (Phi) is 5.42. The number of imidazole rings is 1. The first kappa shape index (κ1) is 16.9. The van der Waals surface area contributed by atoms with Crippen LogP contribution in [0, 0.1) is 0 Å². The Morgan fingerprint density at radius 2 is 2.33 bits per heavy atom. The molecule has 0 aliphatic heterocycles. The lowest BCUT2D eigenvalue weighted by atomic mass is 10.3. The minimum atomic E-state index is -0.225. The van der Waals surface area contributed by atoms with Crippen molar-refractivity contribution in [3.05, 3.63) is 40.6 Å². The lowest BCUT2D eigenvalue weighted by Crippen LogP contribution is -2.30. The number of H-pyrrole nitrogens is 1. The van der Waals surface area contributed by atoms with Crippen molar-refractivity contribution in [1.82, 2.24) is 15.3 Å². The number of hydrogen-bond donors (Lipinski definition) is 2. The SMILES string of the molecule is CCOc1ccc2nc(SC(C)C(=O)NCc3cccs3)[nH]c2c1. The number of ether oxygens (including phenoxy) is 1. The molecule has 24 heavy (non-hydrogen) atoms. The molecule has 1 unspecified atom stereocenters. The Hall–Kier alpha value is -1.99. The van der Waals surface area contributed by atoms with E-state index in [0.717, 1.165) is 26.8 Å². The van der Waals surface area contributed by atoms with E-state index < -0.39 is 0 Å². The van der Waals surface area contributed by atoms with E-state index in [1.165, 1.54) is 11.8 Å². The van der Waals surface area contributed by atoms with Crippen LogP contribution in [0.4, 0.5) is 0 Å². The van der Waals surface area contributed by atoms with Crippen molar-refractivity contribution in [2.45, 2.75) is 30.8 Å². The highest BCUT2D eigenvalue weighted by atomic mass is 32.2. The number of rotatable bonds is 7. The van der Waals surface area contributed by atoms with E-state index >= 15 is 0 Å². The molecule has 1 aromatic carbocycles. The molecule has 0 aliphatic carbocycles. The molecule has 3 rings (SSSR count). The number of benzene rings is 1. The van der Waals surface area contributed by atoms with Crippen LogP contribution in [0.25, 0.3) is 11.0 Å². The molecule has 0 saturated carbocycles. The highest BCUT2D eigenvalue weighted by Crippen LogP contribution is 2.26. The van der Waals surface area contributed by atoms with Gasteiger partial charge in [0, 0.05) is 10.9 Å². The average Bonchev–Trinajstić information content (AvgIpc) is 3.21. The maximum absolute atomic E-state index is 12.2. The summed E-state index contributed by atoms with van der Waals surface area (Å²) in [4.78, 5) is 21.1. The third-order valence-corrected chi connectivity index (χ3v) is 5.28. The molecule has 1 amide bonds. The van der Waals surface area contributed by atoms with Gasteiger partial charge in [0.1, 0.15) is 5.75 Å². The summed E-state index contributed by atoms with van der Waals surface area (Å²) in [6.07, 6.45) is 0. The quantitative estimate of drug-likeness (QED) is 0.628. The van der Waals surface area contributed by atoms with Crippen molar-refractivity contribution >= 4 is 40.0 Å². The summed E-state index contributed by atoms with van der Waals surface area (Å²) < 4.78 is 5.49. The fourth-order valence-corrected chi connectivity index (χ4v) is 3.72. The molecule has 0 spiro atoms. The van der Waals surface area contributed by atoms with Crippen LogP contribution in [0.3, 0.4) is 0 Å². The van der Waals surface area contributed by atoms with Crippen LogP contribution < -0.4 is 10.1 Å². The molecule has 0 radical (unpaired) electrons. The molecule has 7 heteroatoms. The number of fused-ring (bicyclic) bond motifs is 1. The summed E-state index contributed by atoms with van der Waals surface area (Å²) >= 11 is 3.05. The zero-order chi connectivity index (χ0) is 16.9. The van der Waals surface area contributed by atoms with E-state index in [9.17, 15) is 4.79 Å². The minimum absolute atomic E-state index is 0.00358. The summed E-state index contributed by atoms with van der Waals surface area (Å²) in [5, 5.41) is 5.47. The van der Waals surface area contributed by atoms with Crippen LogP contribution in [0.15, 0.2) is 40.9 Å². The third-order valence-electron chi connectivity index (χ3n) is 3.42. The molecular weight excluding hydrogens is 342 g/mol. The van der Waals surface area contributed by atoms with E-state index in [2.05, 4.69) is 15.3 Å². The Balaban J connectivity index is 1.61. The van der Waals surface area contributed by atoms with E-state index in [-0.39, 0.29) is 11.2 Å². The third kappa shape index (κ3) is 4.10. The maximum Gasteiger partial charge on any atom is 0.233 e. The molecule has 0 aliphatic rings. The van der Waals surface area contributed by atoms with E-state index in [0.29, 0.717) is 13.2 Å². The van der Waals surface area contributed by atoms with Gasteiger partial charge in [-0.1, -0.05) is 17.8 Å². The fraction of sp³-hybridized carbons (Fsp3) is 0.294. The molecule has 5 nitrogen and oxygen atoms in total. The monoisotopic (exact) mass is 361 g/mol. The molecule has 1 atom stereocenters. The van der Waals surface area contributed by atoms with Crippen LogP contribution in [0.2, 0.25) is 0 Å². The van der Waals surface area contributed by atoms with Crippen molar-refractivity contribution in [2.24, 2.45) is 0 Å². The van der Waals surface area contributed by atoms with Gasteiger partial charge < -0.3 is 15.0 Å². The Morgan fingerprint density at radius 1 is 1.46 bits per heavy atom. The average molecular weight is 361 g/mol. The number of carbonyl (C=O) groups excluding carboxylic acids is 1. The number of amides is 1. The second-order valence-electron chi connectivity index (χ2n) is 5.21. The molecule has 0 saturated heterocycles. The normalized spacial score (nSPS) is 12.2. The summed E-state index contributed by atoms with van der Waals surface area (Å²) in [6.45, 7) is 5.03. The molecule has 0 bridgehead atoms. The number of nitrogens with zero attached hydrogens (tertiary/aromatic N) is 1. The summed E-state index contributed by atoms with van der Waals surface area (Å²) in [7, 11) is 0. The largest absolute Gasteiger partial charge is 0.494 e. The molecule has 2 aromatic heterocycles. The number of thiophene rings is 1. The van der Waals surface area contributed by atoms with Crippen molar-refractivity contribution in [3.63, 3.8) is 0 Å². The highest BCUT2D eigenvalue weighted by Gasteiger charge is 2.16. The van der Waals surface area contributed by atoms with Crippen LogP contribution in [-0.4, -0.2) is 27.7 Å². The summed E-state index contributed by atoms with van der Waals surface area (Å²) in [5.41, 5.74) is 1.78. The molecule has 2 heterocycles. The van der Waals surface area contributed by atoms with Gasteiger partial charge in [0.05, 0.1) is 29.4 Å². The van der Waals surface area contributed by atoms with Crippen LogP contribution in [0.1, 0.15) is 18.7 Å². The van der Waals surface area contributed by atoms with E-state index in [1.54, 1.807) is 11.3 Å². The van der Waals surface area contributed by atoms with Crippen LogP contribution >= 0.6 is 23.1 Å². The number of nitrogens with one attached hydrogen (secondary N) is 2. The molecule has 3 aromatic rings. The standard InChI is InChI=1S/C17H19N3O2S2/c1-3-22-12-6-7-14-15(9-12)20-17(19-14)24-11(2)16(21)18-10-13-5-4-8-23-13/h4-9,11H,3,10H2,1-2H3,(H,18,21)(H,19,20). The van der Waals surface area contributed by atoms with Gasteiger partial charge in [-0.25, -0.2) is 4.98 Å². The first-order chi connectivity index (χ1) is 11.7. The van der Waals surface area contributed by atoms with Gasteiger partial charge in [-0.15, -0.1) is 11.3 Å². The molecular formula is C17H19N3O2S2. The predicted molar refractivity (Wildman–Crippen MR) is 98.7 cm³/mol. The molecule has 2 N–H and O–H groups in total. The Bertz CT molecular complexity index is 814. The number of aromatic amines is 1. The second-order valence-corrected chi connectivity index (χ2v) is 7.57. The Labute approximate surface area is 148 Å². The predicted octanol–water partition coefficient (Wildman–Crippen LogP) is 3.82. The van der Waals surface area contributed by atoms with Crippen LogP contribution in [-0.2, 0) is 11.3 Å². The molecule has 126 valence electrons. The van der Waals surface area contributed by atoms with E-state index in [4.69, 9.17) is 4.74 Å². The topological polar surface area (TPSA) is 67.0 Å². The number of thioether (sulfide) groups is 1. The van der Waals surface area contributed by atoms with Gasteiger partial charge in [0.15, 0.2) is 5.16 Å². The second kappa shape index (κ2) is 7.72. The van der Waals surface area contributed by atoms with Gasteiger partial charge in [-0.3, -0.25) is 4.79 Å². The van der Waals surface area contributed by atoms with Crippen LogP contribution in [0.5, 0.6) is 5.75 Å². The van der Waals surface area contributed by atoms with Gasteiger partial charge in [0.25, 0.3) is 0 Å². The first-order valence-electron chi connectivity index (χ1n) is 7.75. The first-order valence-corrected chi connectivity index (χ1v) is 9.51. The minimum Gasteiger partial charge on any atom is -0.494 e. The summed E-state index contributed by atoms with van der Waals surface area (Å²) in [5.74, 6) is 0.816. The van der Waals surface area contributed by atoms with Crippen molar-refractivity contribution in [3.8, 4) is 5.75 Å². The summed E-state index contributed by atoms with van der Waals surface area (Å²) in [6, 6.07) is 9.74. The number of hydrogen-bond acceptors (Lipinski definition) is 5. The van der Waals surface area contributed by atoms with Crippen molar-refractivity contribution < 1.29 is 9.53 Å². The zero-order valence-electron chi connectivity index (χ0n) is 13.5. The smallest absolute Gasteiger partial charge is 0.233 e. The highest BCUT2D eigenvalue weighted by molar-refractivity contribution is 8.00. The maximum atomic E-state index is 12.2. The van der Waals surface area contributed by atoms with Gasteiger partial charge in [-0.05, 0) is 37.4 Å². The van der Waals surface area contributed by atoms with Crippen molar-refractivity contribution in [2.75, 3.05) is 6.61 Å². The van der Waals surface area contributed by atoms with Gasteiger partial charge in [0.2, 0.25) is 5.91 Å². The number of aromatic nitrogens is 2. The van der Waals surface area contributed by atoms with Gasteiger partial charge >= 0.3 is 0 Å². The van der Waals surface area contributed by atoms with Crippen molar-refractivity contribution in [1.29, 1.82) is 0 Å². The fourth-order valence-electron chi connectivity index (χ4n) is 2.23. The van der Waals surface area contributed by atoms with E-state index in [1.807, 2.05) is 49.6 Å². The Morgan fingerprint density at radius 3 is 3.08 bits per heavy atom. The van der Waals surface area contributed by atoms with Gasteiger partial charge in [-0.2, -0.15) is 0 Å². The lowest BCUT2D eigenvalue weighted by molar-refractivity contribution is -0.120. The lowest BCUT2D eigenvalue weighted by Gasteiger charge is -2.09.